The normalized spacial score (nSPS) is 14.5. The van der Waals surface area contributed by atoms with Crippen molar-refractivity contribution >= 4 is 39.9 Å². The van der Waals surface area contributed by atoms with Crippen molar-refractivity contribution in [3.8, 4) is 0 Å². The summed E-state index contributed by atoms with van der Waals surface area (Å²) in [5.74, 6) is -0.378. The van der Waals surface area contributed by atoms with Crippen LogP contribution in [0.15, 0.2) is 35.8 Å². The lowest BCUT2D eigenvalue weighted by Crippen LogP contribution is -2.51. The van der Waals surface area contributed by atoms with Crippen LogP contribution in [0, 0.1) is 0 Å². The van der Waals surface area contributed by atoms with E-state index in [0.717, 1.165) is 18.2 Å². The highest BCUT2D eigenvalue weighted by atomic mass is 35.5. The molecule has 1 aromatic carbocycles. The molecule has 126 valence electrons. The molecule has 1 N–H and O–H groups in total. The van der Waals surface area contributed by atoms with Crippen LogP contribution in [0.5, 0.6) is 0 Å². The van der Waals surface area contributed by atoms with E-state index in [1.807, 2.05) is 5.38 Å². The number of nitrogens with one attached hydrogen (secondary N) is 1. The molecule has 0 aliphatic carbocycles. The summed E-state index contributed by atoms with van der Waals surface area (Å²) in [6, 6.07) is 6.65. The molecule has 2 aromatic rings. The van der Waals surface area contributed by atoms with Crippen molar-refractivity contribution in [1.82, 2.24) is 15.2 Å². The SMILES string of the molecule is O=C(NCC(=O)N1CCN(c2nccs2)CC1)c1cccc(Cl)c1. The van der Waals surface area contributed by atoms with Gasteiger partial charge in [0.2, 0.25) is 5.91 Å². The summed E-state index contributed by atoms with van der Waals surface area (Å²) in [5.41, 5.74) is 0.448. The number of carbonyl (C=O) groups excluding carboxylic acids is 2. The van der Waals surface area contributed by atoms with Crippen molar-refractivity contribution in [2.45, 2.75) is 0 Å². The van der Waals surface area contributed by atoms with Gasteiger partial charge >= 0.3 is 0 Å². The van der Waals surface area contributed by atoms with E-state index in [2.05, 4.69) is 15.2 Å². The van der Waals surface area contributed by atoms with Gasteiger partial charge in [-0.2, -0.15) is 0 Å². The summed E-state index contributed by atoms with van der Waals surface area (Å²) in [6.45, 7) is 2.75. The van der Waals surface area contributed by atoms with Gasteiger partial charge in [-0.1, -0.05) is 17.7 Å². The van der Waals surface area contributed by atoms with E-state index in [4.69, 9.17) is 11.6 Å². The molecule has 1 saturated heterocycles. The van der Waals surface area contributed by atoms with Gasteiger partial charge in [-0.25, -0.2) is 4.98 Å². The molecule has 0 atom stereocenters. The number of hydrogen-bond acceptors (Lipinski definition) is 5. The average molecular weight is 365 g/mol. The quantitative estimate of drug-likeness (QED) is 0.899. The van der Waals surface area contributed by atoms with Gasteiger partial charge in [0, 0.05) is 48.3 Å². The first-order chi connectivity index (χ1) is 11.6. The second-order valence-electron chi connectivity index (χ2n) is 5.38. The summed E-state index contributed by atoms with van der Waals surface area (Å²) >= 11 is 7.46. The van der Waals surface area contributed by atoms with Crippen LogP contribution in [0.25, 0.3) is 0 Å². The van der Waals surface area contributed by atoms with Crippen LogP contribution in [-0.4, -0.2) is 54.4 Å². The minimum Gasteiger partial charge on any atom is -0.345 e. The largest absolute Gasteiger partial charge is 0.345 e. The molecule has 0 unspecified atom stereocenters. The first-order valence-corrected chi connectivity index (χ1v) is 8.85. The van der Waals surface area contributed by atoms with Crippen LogP contribution in [0.3, 0.4) is 0 Å². The second kappa shape index (κ2) is 7.63. The number of hydrogen-bond donors (Lipinski definition) is 1. The van der Waals surface area contributed by atoms with E-state index in [0.29, 0.717) is 23.7 Å². The molecule has 1 aromatic heterocycles. The standard InChI is InChI=1S/C16H17ClN4O2S/c17-13-3-1-2-12(10-13)15(23)19-11-14(22)20-5-7-21(8-6-20)16-18-4-9-24-16/h1-4,9-10H,5-8,11H2,(H,19,23). The lowest BCUT2D eigenvalue weighted by atomic mass is 10.2. The van der Waals surface area contributed by atoms with Crippen LogP contribution in [-0.2, 0) is 4.79 Å². The Morgan fingerprint density at radius 3 is 2.71 bits per heavy atom. The molecule has 0 saturated carbocycles. The summed E-state index contributed by atoms with van der Waals surface area (Å²) in [6.07, 6.45) is 1.78. The molecule has 0 radical (unpaired) electrons. The van der Waals surface area contributed by atoms with Crippen molar-refractivity contribution in [2.24, 2.45) is 0 Å². The highest BCUT2D eigenvalue weighted by Crippen LogP contribution is 2.18. The van der Waals surface area contributed by atoms with Crippen LogP contribution >= 0.6 is 22.9 Å². The molecule has 8 heteroatoms. The van der Waals surface area contributed by atoms with Gasteiger partial charge in [0.1, 0.15) is 0 Å². The van der Waals surface area contributed by atoms with E-state index in [1.165, 1.54) is 0 Å². The highest BCUT2D eigenvalue weighted by molar-refractivity contribution is 7.13. The molecule has 3 rings (SSSR count). The molecule has 1 aliphatic heterocycles. The summed E-state index contributed by atoms with van der Waals surface area (Å²) < 4.78 is 0. The number of benzene rings is 1. The smallest absolute Gasteiger partial charge is 0.251 e. The fourth-order valence-corrected chi connectivity index (χ4v) is 3.41. The molecule has 2 amide bonds. The van der Waals surface area contributed by atoms with Gasteiger partial charge in [-0.05, 0) is 18.2 Å². The van der Waals surface area contributed by atoms with Crippen LogP contribution in [0.2, 0.25) is 5.02 Å². The van der Waals surface area contributed by atoms with E-state index >= 15 is 0 Å². The van der Waals surface area contributed by atoms with Crippen molar-refractivity contribution < 1.29 is 9.59 Å². The van der Waals surface area contributed by atoms with E-state index < -0.39 is 0 Å². The van der Waals surface area contributed by atoms with Crippen molar-refractivity contribution in [2.75, 3.05) is 37.6 Å². The van der Waals surface area contributed by atoms with E-state index in [1.54, 1.807) is 46.7 Å². The molecule has 1 aliphatic rings. The monoisotopic (exact) mass is 364 g/mol. The zero-order valence-corrected chi connectivity index (χ0v) is 14.5. The van der Waals surface area contributed by atoms with E-state index in [9.17, 15) is 9.59 Å². The van der Waals surface area contributed by atoms with Crippen molar-refractivity contribution in [1.29, 1.82) is 0 Å². The average Bonchev–Trinajstić information content (AvgIpc) is 3.14. The Hall–Kier alpha value is -2.12. The molecule has 1 fully saturated rings. The number of nitrogens with zero attached hydrogens (tertiary/aromatic N) is 3. The molecular weight excluding hydrogens is 348 g/mol. The minimum absolute atomic E-state index is 0.0113. The first-order valence-electron chi connectivity index (χ1n) is 7.59. The summed E-state index contributed by atoms with van der Waals surface area (Å²) in [5, 5.41) is 6.07. The number of piperazine rings is 1. The summed E-state index contributed by atoms with van der Waals surface area (Å²) in [4.78, 5) is 32.5. The van der Waals surface area contributed by atoms with Crippen LogP contribution in [0.4, 0.5) is 5.13 Å². The highest BCUT2D eigenvalue weighted by Gasteiger charge is 2.22. The fourth-order valence-electron chi connectivity index (χ4n) is 2.52. The second-order valence-corrected chi connectivity index (χ2v) is 6.68. The molecule has 6 nitrogen and oxygen atoms in total. The van der Waals surface area contributed by atoms with E-state index in [-0.39, 0.29) is 18.4 Å². The maximum atomic E-state index is 12.2. The zero-order chi connectivity index (χ0) is 16.9. The van der Waals surface area contributed by atoms with Crippen LogP contribution < -0.4 is 10.2 Å². The molecule has 2 heterocycles. The Bertz CT molecular complexity index is 715. The number of thiazole rings is 1. The number of carbonyl (C=O) groups is 2. The Kier molecular flexibility index (Phi) is 5.32. The molecule has 0 spiro atoms. The number of aromatic nitrogens is 1. The topological polar surface area (TPSA) is 65.5 Å². The predicted octanol–water partition coefficient (Wildman–Crippen LogP) is 1.88. The lowest BCUT2D eigenvalue weighted by Gasteiger charge is -2.34. The van der Waals surface area contributed by atoms with Gasteiger partial charge in [0.25, 0.3) is 5.91 Å². The lowest BCUT2D eigenvalue weighted by molar-refractivity contribution is -0.130. The Morgan fingerprint density at radius 2 is 2.04 bits per heavy atom. The maximum absolute atomic E-state index is 12.2. The third-order valence-electron chi connectivity index (χ3n) is 3.81. The predicted molar refractivity (Wildman–Crippen MR) is 94.7 cm³/mol. The number of rotatable bonds is 4. The number of halogens is 1. The van der Waals surface area contributed by atoms with Gasteiger partial charge in [-0.3, -0.25) is 9.59 Å². The van der Waals surface area contributed by atoms with Crippen LogP contribution in [0.1, 0.15) is 10.4 Å². The Balaban J connectivity index is 1.47. The third kappa shape index (κ3) is 4.04. The van der Waals surface area contributed by atoms with Gasteiger partial charge in [-0.15, -0.1) is 11.3 Å². The summed E-state index contributed by atoms with van der Waals surface area (Å²) in [7, 11) is 0. The fraction of sp³-hybridized carbons (Fsp3) is 0.312. The van der Waals surface area contributed by atoms with Crippen molar-refractivity contribution in [3.05, 3.63) is 46.4 Å². The number of anilines is 1. The maximum Gasteiger partial charge on any atom is 0.251 e. The van der Waals surface area contributed by atoms with Gasteiger partial charge in [0.15, 0.2) is 5.13 Å². The first kappa shape index (κ1) is 16.7. The molecule has 24 heavy (non-hydrogen) atoms. The van der Waals surface area contributed by atoms with Crippen molar-refractivity contribution in [3.63, 3.8) is 0 Å². The number of amides is 2. The minimum atomic E-state index is -0.299. The van der Waals surface area contributed by atoms with Gasteiger partial charge in [0.05, 0.1) is 6.54 Å². The Morgan fingerprint density at radius 1 is 1.25 bits per heavy atom. The molecular formula is C16H17ClN4O2S. The third-order valence-corrected chi connectivity index (χ3v) is 4.88. The molecule has 0 bridgehead atoms. The Labute approximate surface area is 149 Å². The zero-order valence-electron chi connectivity index (χ0n) is 12.9. The van der Waals surface area contributed by atoms with Gasteiger partial charge < -0.3 is 15.1 Å².